The maximum atomic E-state index is 6.10. The highest BCUT2D eigenvalue weighted by Crippen LogP contribution is 2.38. The van der Waals surface area contributed by atoms with E-state index >= 15 is 0 Å². The number of halogens is 2. The summed E-state index contributed by atoms with van der Waals surface area (Å²) in [6.45, 7) is 0. The van der Waals surface area contributed by atoms with Crippen LogP contribution in [0.5, 0.6) is 11.5 Å². The van der Waals surface area contributed by atoms with Gasteiger partial charge in [0.1, 0.15) is 11.5 Å². The average molecular weight is 500 g/mol. The molecule has 0 radical (unpaired) electrons. The van der Waals surface area contributed by atoms with Crippen LogP contribution in [0.3, 0.4) is 0 Å². The lowest BCUT2D eigenvalue weighted by molar-refractivity contribution is -0.0307. The first-order valence-corrected chi connectivity index (χ1v) is 8.65. The van der Waals surface area contributed by atoms with Crippen molar-refractivity contribution >= 4 is 57.3 Å². The Morgan fingerprint density at radius 2 is 1.19 bits per heavy atom. The lowest BCUT2D eigenvalue weighted by Crippen LogP contribution is -2.41. The van der Waals surface area contributed by atoms with Crippen LogP contribution >= 0.6 is 45.2 Å². The third-order valence-corrected chi connectivity index (χ3v) is 4.81. The lowest BCUT2D eigenvalue weighted by Gasteiger charge is -2.35. The fourth-order valence-electron chi connectivity index (χ4n) is 2.45. The third-order valence-electron chi connectivity index (χ3n) is 3.47. The van der Waals surface area contributed by atoms with Gasteiger partial charge in [0.15, 0.2) is 0 Å². The normalized spacial score (nSPS) is 16.9. The Hall–Kier alpha value is -1.02. The molecule has 0 saturated heterocycles. The molecule has 2 aliphatic heterocycles. The van der Waals surface area contributed by atoms with E-state index in [4.69, 9.17) is 9.47 Å². The van der Waals surface area contributed by atoms with Crippen molar-refractivity contribution in [2.24, 2.45) is 0 Å². The summed E-state index contributed by atoms with van der Waals surface area (Å²) in [6.07, 6.45) is 8.04. The second-order valence-corrected chi connectivity index (χ2v) is 7.45. The van der Waals surface area contributed by atoms with E-state index in [1.54, 1.807) is 0 Å². The van der Waals surface area contributed by atoms with Crippen LogP contribution in [0.25, 0.3) is 12.2 Å². The van der Waals surface area contributed by atoms with Gasteiger partial charge in [-0.1, -0.05) is 0 Å². The topological polar surface area (TPSA) is 18.5 Å². The standard InChI is InChI=1S/C17H10I2O2/c18-13-1-3-15-11(9-13)5-7-17(20-15)8-6-12-10-14(19)2-4-16(12)21-17/h1-10H. The smallest absolute Gasteiger partial charge is 0.291 e. The minimum absolute atomic E-state index is 0.834. The van der Waals surface area contributed by atoms with E-state index in [2.05, 4.69) is 69.5 Å². The molecule has 0 aromatic heterocycles. The Morgan fingerprint density at radius 1 is 0.714 bits per heavy atom. The van der Waals surface area contributed by atoms with E-state index in [9.17, 15) is 0 Å². The van der Waals surface area contributed by atoms with Gasteiger partial charge in [-0.25, -0.2) is 0 Å². The maximum Gasteiger partial charge on any atom is 0.291 e. The zero-order valence-electron chi connectivity index (χ0n) is 10.8. The highest BCUT2D eigenvalue weighted by molar-refractivity contribution is 14.1. The Balaban J connectivity index is 1.73. The fourth-order valence-corrected chi connectivity index (χ4v) is 3.48. The largest absolute Gasteiger partial charge is 0.445 e. The molecule has 4 heteroatoms. The average Bonchev–Trinajstić information content (AvgIpc) is 2.48. The molecule has 104 valence electrons. The molecule has 0 saturated carbocycles. The lowest BCUT2D eigenvalue weighted by atomic mass is 10.0. The van der Waals surface area contributed by atoms with Gasteiger partial charge in [0.25, 0.3) is 5.79 Å². The molecule has 0 atom stereocenters. The number of benzene rings is 2. The van der Waals surface area contributed by atoms with Gasteiger partial charge in [-0.15, -0.1) is 0 Å². The van der Waals surface area contributed by atoms with E-state index in [0.717, 1.165) is 22.6 Å². The van der Waals surface area contributed by atoms with Gasteiger partial charge in [-0.3, -0.25) is 0 Å². The molecule has 0 bridgehead atoms. The minimum Gasteiger partial charge on any atom is -0.445 e. The molecule has 0 amide bonds. The van der Waals surface area contributed by atoms with Gasteiger partial charge < -0.3 is 9.47 Å². The number of fused-ring (bicyclic) bond motifs is 2. The van der Waals surface area contributed by atoms with Crippen molar-refractivity contribution in [1.29, 1.82) is 0 Å². The highest BCUT2D eigenvalue weighted by Gasteiger charge is 2.35. The second-order valence-electron chi connectivity index (χ2n) is 4.96. The molecule has 0 fully saturated rings. The van der Waals surface area contributed by atoms with Crippen LogP contribution in [-0.2, 0) is 0 Å². The molecule has 2 nitrogen and oxygen atoms in total. The summed E-state index contributed by atoms with van der Waals surface area (Å²) in [5, 5.41) is 0. The Kier molecular flexibility index (Phi) is 3.25. The molecule has 0 unspecified atom stereocenters. The zero-order chi connectivity index (χ0) is 14.4. The number of hydrogen-bond donors (Lipinski definition) is 0. The quantitative estimate of drug-likeness (QED) is 0.469. The summed E-state index contributed by atoms with van der Waals surface area (Å²) in [4.78, 5) is 0. The minimum atomic E-state index is -0.834. The molecule has 21 heavy (non-hydrogen) atoms. The van der Waals surface area contributed by atoms with E-state index in [1.807, 2.05) is 36.4 Å². The molecule has 2 heterocycles. The van der Waals surface area contributed by atoms with Crippen molar-refractivity contribution in [3.63, 3.8) is 0 Å². The van der Waals surface area contributed by atoms with E-state index < -0.39 is 5.79 Å². The Labute approximate surface area is 150 Å². The van der Waals surface area contributed by atoms with Gasteiger partial charge in [-0.05, 0) is 93.7 Å². The molecule has 2 aliphatic rings. The van der Waals surface area contributed by atoms with E-state index in [0.29, 0.717) is 0 Å². The van der Waals surface area contributed by atoms with Crippen molar-refractivity contribution < 1.29 is 9.47 Å². The first-order valence-electron chi connectivity index (χ1n) is 6.49. The molecule has 2 aromatic carbocycles. The van der Waals surface area contributed by atoms with Crippen LogP contribution in [0.4, 0.5) is 0 Å². The van der Waals surface area contributed by atoms with Gasteiger partial charge in [0.05, 0.1) is 0 Å². The van der Waals surface area contributed by atoms with Crippen molar-refractivity contribution in [3.8, 4) is 11.5 Å². The van der Waals surface area contributed by atoms with Crippen LogP contribution < -0.4 is 9.47 Å². The molecule has 2 aromatic rings. The highest BCUT2D eigenvalue weighted by atomic mass is 127. The number of hydrogen-bond acceptors (Lipinski definition) is 2. The molecular formula is C17H10I2O2. The van der Waals surface area contributed by atoms with Gasteiger partial charge in [0, 0.05) is 30.4 Å². The van der Waals surface area contributed by atoms with E-state index in [-0.39, 0.29) is 0 Å². The Bertz CT molecular complexity index is 726. The van der Waals surface area contributed by atoms with Gasteiger partial charge >= 0.3 is 0 Å². The predicted octanol–water partition coefficient (Wildman–Crippen LogP) is 5.10. The SMILES string of the molecule is Ic1ccc2c(c1)C=CC1(C=Cc3cc(I)ccc3O1)O2. The van der Waals surface area contributed by atoms with Crippen molar-refractivity contribution in [2.75, 3.05) is 0 Å². The third kappa shape index (κ3) is 2.48. The monoisotopic (exact) mass is 500 g/mol. The summed E-state index contributed by atoms with van der Waals surface area (Å²) >= 11 is 4.60. The molecule has 4 rings (SSSR count). The van der Waals surface area contributed by atoms with Crippen LogP contribution in [0.15, 0.2) is 48.6 Å². The van der Waals surface area contributed by atoms with Crippen LogP contribution in [-0.4, -0.2) is 5.79 Å². The van der Waals surface area contributed by atoms with Gasteiger partial charge in [0.2, 0.25) is 0 Å². The Morgan fingerprint density at radius 3 is 1.67 bits per heavy atom. The van der Waals surface area contributed by atoms with E-state index in [1.165, 1.54) is 7.14 Å². The number of ether oxygens (including phenoxy) is 2. The molecule has 0 aliphatic carbocycles. The fraction of sp³-hybridized carbons (Fsp3) is 0.0588. The zero-order valence-corrected chi connectivity index (χ0v) is 15.2. The first kappa shape index (κ1) is 13.6. The summed E-state index contributed by atoms with van der Waals surface area (Å²) in [6, 6.07) is 12.3. The maximum absolute atomic E-state index is 6.10. The summed E-state index contributed by atoms with van der Waals surface area (Å²) < 4.78 is 14.6. The van der Waals surface area contributed by atoms with Gasteiger partial charge in [-0.2, -0.15) is 0 Å². The first-order chi connectivity index (χ1) is 10.1. The van der Waals surface area contributed by atoms with Crippen molar-refractivity contribution in [2.45, 2.75) is 5.79 Å². The molecule has 0 N–H and O–H groups in total. The molecule has 1 spiro atoms. The predicted molar refractivity (Wildman–Crippen MR) is 100 cm³/mol. The number of rotatable bonds is 0. The van der Waals surface area contributed by atoms with Crippen LogP contribution in [0, 0.1) is 7.14 Å². The van der Waals surface area contributed by atoms with Crippen LogP contribution in [0.2, 0.25) is 0 Å². The second kappa shape index (κ2) is 5.01. The summed E-state index contributed by atoms with van der Waals surface area (Å²) in [5.41, 5.74) is 2.16. The summed E-state index contributed by atoms with van der Waals surface area (Å²) in [7, 11) is 0. The van der Waals surface area contributed by atoms with Crippen molar-refractivity contribution in [3.05, 3.63) is 66.8 Å². The molecular weight excluding hydrogens is 490 g/mol. The van der Waals surface area contributed by atoms with Crippen LogP contribution in [0.1, 0.15) is 11.1 Å². The summed E-state index contributed by atoms with van der Waals surface area (Å²) in [5.74, 6) is 0.854. The van der Waals surface area contributed by atoms with Crippen molar-refractivity contribution in [1.82, 2.24) is 0 Å².